The van der Waals surface area contributed by atoms with Crippen LogP contribution >= 0.6 is 0 Å². The summed E-state index contributed by atoms with van der Waals surface area (Å²) in [4.78, 5) is 0. The number of hydrogen-bond acceptors (Lipinski definition) is 0. The van der Waals surface area contributed by atoms with Gasteiger partial charge in [0, 0.05) is 0 Å². The van der Waals surface area contributed by atoms with E-state index in [0.29, 0.717) is 0 Å². The van der Waals surface area contributed by atoms with Gasteiger partial charge in [-0.1, -0.05) is 0 Å². The zero-order chi connectivity index (χ0) is 10.7. The number of benzene rings is 2. The number of rotatable bonds is 2. The summed E-state index contributed by atoms with van der Waals surface area (Å²) in [6.45, 7) is 4.33. The van der Waals surface area contributed by atoms with Crippen LogP contribution in [0.2, 0.25) is 0 Å². The van der Waals surface area contributed by atoms with Gasteiger partial charge in [-0.15, -0.1) is 0 Å². The second-order valence-electron chi connectivity index (χ2n) is 3.86. The molecule has 0 heterocycles. The molecule has 0 aliphatic heterocycles. The Hall–Kier alpha value is -0.677. The van der Waals surface area contributed by atoms with Crippen LogP contribution in [0.1, 0.15) is 11.1 Å². The van der Waals surface area contributed by atoms with Gasteiger partial charge < -0.3 is 0 Å². The third-order valence-corrected chi connectivity index (χ3v) is 5.27. The van der Waals surface area contributed by atoms with E-state index < -0.39 is 23.2 Å². The minimum atomic E-state index is -0.570. The van der Waals surface area contributed by atoms with Crippen molar-refractivity contribution in [3.8, 4) is 0 Å². The SMILES string of the molecule is Cc1ccc[c]([Zr][c]2cccc(C)c2)c1. The van der Waals surface area contributed by atoms with Crippen LogP contribution < -0.4 is 6.54 Å². The van der Waals surface area contributed by atoms with Gasteiger partial charge in [0.05, 0.1) is 0 Å². The molecule has 0 fully saturated rings. The van der Waals surface area contributed by atoms with E-state index in [-0.39, 0.29) is 0 Å². The summed E-state index contributed by atoms with van der Waals surface area (Å²) in [7, 11) is 0. The quantitative estimate of drug-likeness (QED) is 0.788. The van der Waals surface area contributed by atoms with Gasteiger partial charge in [0.2, 0.25) is 0 Å². The molecule has 15 heavy (non-hydrogen) atoms. The first kappa shape index (κ1) is 10.8. The van der Waals surface area contributed by atoms with Crippen LogP contribution in [0.25, 0.3) is 0 Å². The zero-order valence-corrected chi connectivity index (χ0v) is 11.6. The maximum absolute atomic E-state index is 2.33. The molecule has 2 aromatic carbocycles. The standard InChI is InChI=1S/2C7H7.Zr/c2*1-7-5-3-2-4-6-7;/h2*2-3,5-6H,1H3;. The molecule has 0 aliphatic rings. The monoisotopic (exact) mass is 272 g/mol. The molecule has 0 amide bonds. The van der Waals surface area contributed by atoms with Gasteiger partial charge in [-0.05, 0) is 0 Å². The first-order valence-corrected chi connectivity index (χ1v) is 7.60. The fraction of sp³-hybridized carbons (Fsp3) is 0.143. The van der Waals surface area contributed by atoms with Crippen molar-refractivity contribution in [2.45, 2.75) is 13.8 Å². The predicted octanol–water partition coefficient (Wildman–Crippen LogP) is 2.34. The first-order valence-electron chi connectivity index (χ1n) is 5.14. The molecule has 0 unspecified atom stereocenters. The average Bonchev–Trinajstić information content (AvgIpc) is 2.17. The zero-order valence-electron chi connectivity index (χ0n) is 9.12. The molecule has 0 atom stereocenters. The van der Waals surface area contributed by atoms with Crippen molar-refractivity contribution in [1.82, 2.24) is 0 Å². The summed E-state index contributed by atoms with van der Waals surface area (Å²) in [5.74, 6) is 0. The van der Waals surface area contributed by atoms with E-state index in [1.165, 1.54) is 11.1 Å². The van der Waals surface area contributed by atoms with Crippen LogP contribution in [-0.4, -0.2) is 0 Å². The third kappa shape index (κ3) is 3.14. The van der Waals surface area contributed by atoms with Gasteiger partial charge in [0.1, 0.15) is 0 Å². The van der Waals surface area contributed by atoms with Crippen LogP contribution in [0.5, 0.6) is 0 Å². The van der Waals surface area contributed by atoms with E-state index in [0.717, 1.165) is 0 Å². The van der Waals surface area contributed by atoms with Crippen LogP contribution in [0.3, 0.4) is 0 Å². The van der Waals surface area contributed by atoms with E-state index in [1.54, 1.807) is 6.54 Å². The number of hydrogen-bond donors (Lipinski definition) is 0. The summed E-state index contributed by atoms with van der Waals surface area (Å²) >= 11 is -0.570. The van der Waals surface area contributed by atoms with Gasteiger partial charge >= 0.3 is 103 Å². The fourth-order valence-corrected chi connectivity index (χ4v) is 4.79. The van der Waals surface area contributed by atoms with Crippen molar-refractivity contribution >= 4 is 6.54 Å². The Labute approximate surface area is 103 Å². The second kappa shape index (κ2) is 4.90. The van der Waals surface area contributed by atoms with Crippen molar-refractivity contribution in [3.63, 3.8) is 0 Å². The van der Waals surface area contributed by atoms with Crippen LogP contribution in [0, 0.1) is 13.8 Å². The fourth-order valence-electron chi connectivity index (χ4n) is 1.61. The van der Waals surface area contributed by atoms with E-state index >= 15 is 0 Å². The van der Waals surface area contributed by atoms with Crippen molar-refractivity contribution in [1.29, 1.82) is 0 Å². The Kier molecular flexibility index (Phi) is 3.54. The van der Waals surface area contributed by atoms with Gasteiger partial charge in [-0.3, -0.25) is 0 Å². The maximum atomic E-state index is 2.33. The van der Waals surface area contributed by atoms with Crippen LogP contribution in [-0.2, 0) is 23.2 Å². The normalized spacial score (nSPS) is 10.0. The average molecular weight is 273 g/mol. The number of aryl methyl sites for hydroxylation is 2. The summed E-state index contributed by atoms with van der Waals surface area (Å²) in [6.07, 6.45) is 0. The van der Waals surface area contributed by atoms with Gasteiger partial charge in [-0.25, -0.2) is 0 Å². The van der Waals surface area contributed by atoms with E-state index in [9.17, 15) is 0 Å². The van der Waals surface area contributed by atoms with E-state index in [2.05, 4.69) is 62.4 Å². The molecule has 0 saturated heterocycles. The minimum absolute atomic E-state index is 0.570. The van der Waals surface area contributed by atoms with Crippen molar-refractivity contribution in [2.75, 3.05) is 0 Å². The molecular weight excluding hydrogens is 259 g/mol. The molecule has 0 aliphatic carbocycles. The summed E-state index contributed by atoms with van der Waals surface area (Å²) in [5.41, 5.74) is 2.75. The summed E-state index contributed by atoms with van der Waals surface area (Å²) in [6, 6.07) is 17.9. The molecule has 1 heteroatoms. The predicted molar refractivity (Wildman–Crippen MR) is 61.6 cm³/mol. The molecule has 0 aromatic heterocycles. The van der Waals surface area contributed by atoms with Gasteiger partial charge in [-0.2, -0.15) is 0 Å². The molecule has 74 valence electrons. The molecular formula is C14H14Zr. The van der Waals surface area contributed by atoms with Gasteiger partial charge in [0.25, 0.3) is 0 Å². The second-order valence-corrected chi connectivity index (χ2v) is 7.32. The Bertz CT molecular complexity index is 417. The van der Waals surface area contributed by atoms with Crippen molar-refractivity contribution in [2.24, 2.45) is 0 Å². The molecule has 0 radical (unpaired) electrons. The Balaban J connectivity index is 2.22. The van der Waals surface area contributed by atoms with E-state index in [4.69, 9.17) is 0 Å². The summed E-state index contributed by atoms with van der Waals surface area (Å²) < 4.78 is 3.12. The Morgan fingerprint density at radius 1 is 0.733 bits per heavy atom. The molecule has 2 rings (SSSR count). The van der Waals surface area contributed by atoms with Crippen molar-refractivity contribution < 1.29 is 23.2 Å². The Morgan fingerprint density at radius 3 is 1.60 bits per heavy atom. The first-order chi connectivity index (χ1) is 7.24. The third-order valence-electron chi connectivity index (χ3n) is 2.32. The molecule has 0 nitrogen and oxygen atoms in total. The van der Waals surface area contributed by atoms with Gasteiger partial charge in [0.15, 0.2) is 0 Å². The van der Waals surface area contributed by atoms with Crippen molar-refractivity contribution in [3.05, 3.63) is 59.7 Å². The Morgan fingerprint density at radius 2 is 1.20 bits per heavy atom. The topological polar surface area (TPSA) is 0 Å². The summed E-state index contributed by atoms with van der Waals surface area (Å²) in [5, 5.41) is 0. The van der Waals surface area contributed by atoms with E-state index in [1.807, 2.05) is 0 Å². The molecule has 0 spiro atoms. The van der Waals surface area contributed by atoms with Crippen LogP contribution in [0.4, 0.5) is 0 Å². The molecule has 0 N–H and O–H groups in total. The molecule has 2 aromatic rings. The van der Waals surface area contributed by atoms with Crippen LogP contribution in [0.15, 0.2) is 48.5 Å². The molecule has 0 saturated carbocycles. The molecule has 0 bridgehead atoms.